The van der Waals surface area contributed by atoms with Gasteiger partial charge in [-0.15, -0.1) is 35.3 Å². The van der Waals surface area contributed by atoms with Crippen LogP contribution in [-0.4, -0.2) is 40.4 Å². The highest BCUT2D eigenvalue weighted by atomic mass is 127. The molecular weight excluding hydrogens is 495 g/mol. The zero-order valence-corrected chi connectivity index (χ0v) is 20.1. The lowest BCUT2D eigenvalue weighted by molar-refractivity contribution is 0.796. The van der Waals surface area contributed by atoms with Gasteiger partial charge in [-0.05, 0) is 37.5 Å². The van der Waals surface area contributed by atoms with Crippen LogP contribution in [0.4, 0.5) is 0 Å². The Morgan fingerprint density at radius 1 is 1.10 bits per heavy atom. The summed E-state index contributed by atoms with van der Waals surface area (Å²) in [5.41, 5.74) is 2.27. The standard InChI is InChI=1S/C21H28N6S.HI/c1-3-19-15-25-20(28-19)11-13-24-21(22-4-2)23-12-10-17-14-26-27(16-17)18-8-6-5-7-9-18;/h5-9,14-16H,3-4,10-13H2,1-2H3,(H2,22,23,24);1H. The van der Waals surface area contributed by atoms with Crippen LogP contribution < -0.4 is 10.6 Å². The number of hydrogen-bond donors (Lipinski definition) is 2. The van der Waals surface area contributed by atoms with Gasteiger partial charge in [0.15, 0.2) is 5.96 Å². The molecule has 0 saturated carbocycles. The summed E-state index contributed by atoms with van der Waals surface area (Å²) in [7, 11) is 0. The highest BCUT2D eigenvalue weighted by molar-refractivity contribution is 14.0. The molecule has 0 aliphatic rings. The lowest BCUT2D eigenvalue weighted by Crippen LogP contribution is -2.38. The molecule has 2 N–H and O–H groups in total. The van der Waals surface area contributed by atoms with Crippen molar-refractivity contribution in [2.75, 3.05) is 19.6 Å². The Labute approximate surface area is 193 Å². The molecule has 3 aromatic rings. The average molecular weight is 524 g/mol. The van der Waals surface area contributed by atoms with E-state index >= 15 is 0 Å². The van der Waals surface area contributed by atoms with E-state index in [1.807, 2.05) is 35.3 Å². The van der Waals surface area contributed by atoms with Crippen LogP contribution in [0.3, 0.4) is 0 Å². The van der Waals surface area contributed by atoms with Gasteiger partial charge in [0.2, 0.25) is 0 Å². The first-order chi connectivity index (χ1) is 13.8. The van der Waals surface area contributed by atoms with Gasteiger partial charge in [0, 0.05) is 43.3 Å². The number of rotatable bonds is 9. The van der Waals surface area contributed by atoms with E-state index < -0.39 is 0 Å². The van der Waals surface area contributed by atoms with Crippen LogP contribution in [0.25, 0.3) is 5.69 Å². The summed E-state index contributed by atoms with van der Waals surface area (Å²) < 4.78 is 1.91. The number of halogens is 1. The largest absolute Gasteiger partial charge is 0.357 e. The molecule has 8 heteroatoms. The molecule has 156 valence electrons. The predicted octanol–water partition coefficient (Wildman–Crippen LogP) is 3.85. The van der Waals surface area contributed by atoms with Crippen LogP contribution in [-0.2, 0) is 19.3 Å². The molecule has 0 amide bonds. The number of aryl methyl sites for hydroxylation is 1. The van der Waals surface area contributed by atoms with Crippen LogP contribution in [0.15, 0.2) is 53.9 Å². The average Bonchev–Trinajstić information content (AvgIpc) is 3.38. The van der Waals surface area contributed by atoms with Gasteiger partial charge in [-0.2, -0.15) is 5.10 Å². The second-order valence-corrected chi connectivity index (χ2v) is 7.59. The second kappa shape index (κ2) is 12.6. The number of thiazole rings is 1. The molecule has 0 bridgehead atoms. The summed E-state index contributed by atoms with van der Waals surface area (Å²) in [5, 5.41) is 12.3. The van der Waals surface area contributed by atoms with Crippen molar-refractivity contribution in [3.63, 3.8) is 0 Å². The third-order valence-corrected chi connectivity index (χ3v) is 5.45. The molecule has 29 heavy (non-hydrogen) atoms. The number of nitrogens with zero attached hydrogens (tertiary/aromatic N) is 4. The second-order valence-electron chi connectivity index (χ2n) is 6.39. The maximum absolute atomic E-state index is 4.67. The van der Waals surface area contributed by atoms with E-state index in [2.05, 4.69) is 57.9 Å². The summed E-state index contributed by atoms with van der Waals surface area (Å²) in [6, 6.07) is 10.2. The van der Waals surface area contributed by atoms with Gasteiger partial charge >= 0.3 is 0 Å². The molecule has 2 heterocycles. The van der Waals surface area contributed by atoms with Gasteiger partial charge in [0.1, 0.15) is 0 Å². The number of aliphatic imine (C=N–C) groups is 1. The molecule has 1 aromatic carbocycles. The van der Waals surface area contributed by atoms with Gasteiger partial charge in [-0.3, -0.25) is 4.99 Å². The van der Waals surface area contributed by atoms with Crippen molar-refractivity contribution in [3.05, 3.63) is 64.4 Å². The van der Waals surface area contributed by atoms with E-state index in [9.17, 15) is 0 Å². The molecule has 0 aliphatic heterocycles. The fourth-order valence-electron chi connectivity index (χ4n) is 2.77. The van der Waals surface area contributed by atoms with E-state index in [0.29, 0.717) is 0 Å². The van der Waals surface area contributed by atoms with Crippen LogP contribution in [0.2, 0.25) is 0 Å². The maximum atomic E-state index is 4.67. The third-order valence-electron chi connectivity index (χ3n) is 4.25. The van der Waals surface area contributed by atoms with Crippen LogP contribution in [0, 0.1) is 0 Å². The van der Waals surface area contributed by atoms with Gasteiger partial charge in [-0.25, -0.2) is 9.67 Å². The highest BCUT2D eigenvalue weighted by Gasteiger charge is 2.03. The van der Waals surface area contributed by atoms with Crippen LogP contribution in [0.1, 0.15) is 29.3 Å². The molecule has 0 radical (unpaired) electrons. The van der Waals surface area contributed by atoms with Crippen molar-refractivity contribution in [2.24, 2.45) is 4.99 Å². The van der Waals surface area contributed by atoms with Crippen molar-refractivity contribution < 1.29 is 0 Å². The Kier molecular flexibility index (Phi) is 10.1. The van der Waals surface area contributed by atoms with Crippen LogP contribution >= 0.6 is 35.3 Å². The summed E-state index contributed by atoms with van der Waals surface area (Å²) in [6.45, 7) is 6.62. The van der Waals surface area contributed by atoms with Crippen molar-refractivity contribution in [1.29, 1.82) is 0 Å². The Bertz CT molecular complexity index is 874. The number of hydrogen-bond acceptors (Lipinski definition) is 4. The van der Waals surface area contributed by atoms with Gasteiger partial charge in [0.05, 0.1) is 16.9 Å². The molecule has 0 saturated heterocycles. The Morgan fingerprint density at radius 3 is 2.66 bits per heavy atom. The molecule has 0 aliphatic carbocycles. The zero-order chi connectivity index (χ0) is 19.6. The van der Waals surface area contributed by atoms with Crippen molar-refractivity contribution in [3.8, 4) is 5.69 Å². The molecule has 6 nitrogen and oxygen atoms in total. The summed E-state index contributed by atoms with van der Waals surface area (Å²) >= 11 is 1.78. The zero-order valence-electron chi connectivity index (χ0n) is 17.0. The first kappa shape index (κ1) is 23.3. The minimum absolute atomic E-state index is 0. The van der Waals surface area contributed by atoms with E-state index in [1.165, 1.54) is 10.4 Å². The number of benzene rings is 1. The maximum Gasteiger partial charge on any atom is 0.191 e. The quantitative estimate of drug-likeness (QED) is 0.254. The number of nitrogens with one attached hydrogen (secondary N) is 2. The number of para-hydroxylation sites is 1. The fourth-order valence-corrected chi connectivity index (χ4v) is 3.62. The van der Waals surface area contributed by atoms with Gasteiger partial charge in [-0.1, -0.05) is 25.1 Å². The lowest BCUT2D eigenvalue weighted by Gasteiger charge is -2.10. The molecule has 0 fully saturated rings. The van der Waals surface area contributed by atoms with Gasteiger partial charge < -0.3 is 10.6 Å². The smallest absolute Gasteiger partial charge is 0.191 e. The minimum atomic E-state index is 0. The first-order valence-electron chi connectivity index (χ1n) is 9.83. The van der Waals surface area contributed by atoms with Crippen LogP contribution in [0.5, 0.6) is 0 Å². The number of aromatic nitrogens is 3. The Hall–Kier alpha value is -1.94. The number of guanidine groups is 1. The third kappa shape index (κ3) is 7.43. The SMILES string of the molecule is CCNC(=NCCc1ncc(CC)s1)NCCc1cnn(-c2ccccc2)c1.I. The topological polar surface area (TPSA) is 67.1 Å². The molecular formula is C21H29IN6S. The fraction of sp³-hybridized carbons (Fsp3) is 0.381. The lowest BCUT2D eigenvalue weighted by atomic mass is 10.2. The van der Waals surface area contributed by atoms with Crippen molar-refractivity contribution in [1.82, 2.24) is 25.4 Å². The van der Waals surface area contributed by atoms with E-state index in [0.717, 1.165) is 55.6 Å². The summed E-state index contributed by atoms with van der Waals surface area (Å²) in [5.74, 6) is 0.852. The summed E-state index contributed by atoms with van der Waals surface area (Å²) in [4.78, 5) is 10.5. The van der Waals surface area contributed by atoms with Crippen molar-refractivity contribution in [2.45, 2.75) is 33.1 Å². The molecule has 0 spiro atoms. The van der Waals surface area contributed by atoms with E-state index in [4.69, 9.17) is 0 Å². The molecule has 0 atom stereocenters. The van der Waals surface area contributed by atoms with Crippen molar-refractivity contribution >= 4 is 41.3 Å². The molecule has 2 aromatic heterocycles. The monoisotopic (exact) mass is 524 g/mol. The minimum Gasteiger partial charge on any atom is -0.357 e. The first-order valence-corrected chi connectivity index (χ1v) is 10.6. The Balaban J connectivity index is 0.00000300. The molecule has 3 rings (SSSR count). The van der Waals surface area contributed by atoms with E-state index in [-0.39, 0.29) is 24.0 Å². The predicted molar refractivity (Wildman–Crippen MR) is 132 cm³/mol. The molecule has 0 unspecified atom stereocenters. The highest BCUT2D eigenvalue weighted by Crippen LogP contribution is 2.13. The normalized spacial score (nSPS) is 11.2. The summed E-state index contributed by atoms with van der Waals surface area (Å²) in [6.07, 6.45) is 8.80. The Morgan fingerprint density at radius 2 is 1.93 bits per heavy atom. The van der Waals surface area contributed by atoms with E-state index in [1.54, 1.807) is 11.3 Å². The van der Waals surface area contributed by atoms with Gasteiger partial charge in [0.25, 0.3) is 0 Å².